The van der Waals surface area contributed by atoms with E-state index in [1.807, 2.05) is 34.1 Å². The van der Waals surface area contributed by atoms with Gasteiger partial charge in [0.2, 0.25) is 11.8 Å². The highest BCUT2D eigenvalue weighted by Gasteiger charge is 2.68. The molecule has 2 aromatic rings. The van der Waals surface area contributed by atoms with Crippen LogP contribution in [-0.4, -0.2) is 94.0 Å². The Labute approximate surface area is 312 Å². The van der Waals surface area contributed by atoms with Crippen LogP contribution in [0.2, 0.25) is 0 Å². The summed E-state index contributed by atoms with van der Waals surface area (Å²) >= 11 is 0. The molecule has 1 aromatic heterocycles. The molecule has 0 radical (unpaired) electrons. The third kappa shape index (κ3) is 5.77. The molecule has 0 spiro atoms. The fourth-order valence-corrected chi connectivity index (χ4v) is 11.6. The van der Waals surface area contributed by atoms with Crippen LogP contribution in [0.1, 0.15) is 90.5 Å². The number of fused-ring (bicyclic) bond motifs is 5. The largest absolute Gasteiger partial charge is 0.482 e. The number of para-hydroxylation sites is 1. The lowest BCUT2D eigenvalue weighted by Crippen LogP contribution is -2.65. The topological polar surface area (TPSA) is 131 Å². The van der Waals surface area contributed by atoms with E-state index >= 15 is 0 Å². The number of carbonyl (C=O) groups is 3. The third-order valence-electron chi connectivity index (χ3n) is 14.7. The van der Waals surface area contributed by atoms with Crippen molar-refractivity contribution in [2.24, 2.45) is 17.3 Å². The van der Waals surface area contributed by atoms with Gasteiger partial charge in [-0.25, -0.2) is 4.79 Å². The lowest BCUT2D eigenvalue weighted by atomic mass is 9.43. The molecule has 8 fully saturated rings. The summed E-state index contributed by atoms with van der Waals surface area (Å²) in [7, 11) is -0.606. The zero-order valence-electron chi connectivity index (χ0n) is 31.4. The van der Waals surface area contributed by atoms with Crippen molar-refractivity contribution in [1.82, 2.24) is 15.1 Å². The monoisotopic (exact) mass is 727 g/mol. The van der Waals surface area contributed by atoms with Gasteiger partial charge in [-0.1, -0.05) is 45.2 Å². The number of amides is 3. The van der Waals surface area contributed by atoms with Gasteiger partial charge in [-0.2, -0.15) is 0 Å². The summed E-state index contributed by atoms with van der Waals surface area (Å²) in [5, 5.41) is 13.4. The number of benzene rings is 1. The molecule has 0 unspecified atom stereocenters. The second-order valence-electron chi connectivity index (χ2n) is 17.5. The van der Waals surface area contributed by atoms with E-state index in [0.29, 0.717) is 24.3 Å². The quantitative estimate of drug-likeness (QED) is 0.247. The maximum Gasteiger partial charge on any atom is 0.482 e. The average Bonchev–Trinajstić information content (AvgIpc) is 4.02. The van der Waals surface area contributed by atoms with Crippen LogP contribution in [0.4, 0.5) is 4.79 Å². The summed E-state index contributed by atoms with van der Waals surface area (Å²) in [6.45, 7) is 14.3. The van der Waals surface area contributed by atoms with Gasteiger partial charge in [0.1, 0.15) is 12.2 Å². The smallest absolute Gasteiger partial charge is 0.464 e. The lowest BCUT2D eigenvalue weighted by Gasteiger charge is -2.64. The third-order valence-corrected chi connectivity index (χ3v) is 14.7. The first-order chi connectivity index (χ1) is 25.4. The number of alkyl carbamates (subject to hydrolysis) is 1. The van der Waals surface area contributed by atoms with Gasteiger partial charge in [-0.15, -0.1) is 0 Å². The molecule has 11 nitrogen and oxygen atoms in total. The van der Waals surface area contributed by atoms with E-state index in [1.165, 1.54) is 12.2 Å². The van der Waals surface area contributed by atoms with Crippen molar-refractivity contribution in [3.8, 4) is 0 Å². The van der Waals surface area contributed by atoms with Crippen molar-refractivity contribution in [2.75, 3.05) is 13.2 Å². The number of aliphatic hydroxyl groups excluding tert-OH is 1. The first kappa shape index (κ1) is 36.4. The standard InChI is InChI=1S/C31H39BN2O6.C10H15NO2/c1-5-27(35)34-21-10-12-31(34,13-11-21)18-38-28(36)33-26(14-19-17-37-23-9-7-6-8-22(19)23)32-39-25-16-20-15-24(29(20,2)3)30(25,4)40-32;1-2-9(13)11-8-3-5-10(11,7-12)6-4-8/h5-9,17,20-21,24-26H,1,10-16,18H2,2-4H3,(H,33,36);2,8,12H,1,3-7H2/t20-,21?,24-,25+,26-,30-,31?;/m0./s1. The molecule has 12 heteroatoms. The Bertz CT molecular complexity index is 1780. The van der Waals surface area contributed by atoms with Gasteiger partial charge in [0, 0.05) is 17.5 Å². The van der Waals surface area contributed by atoms with E-state index in [9.17, 15) is 19.5 Å². The normalized spacial score (nSPS) is 36.0. The number of nitrogens with zero attached hydrogens (tertiary/aromatic N) is 2. The maximum atomic E-state index is 13.4. The lowest BCUT2D eigenvalue weighted by molar-refractivity contribution is -0.199. The van der Waals surface area contributed by atoms with E-state index in [2.05, 4.69) is 39.2 Å². The molecule has 5 atom stereocenters. The Morgan fingerprint density at radius 2 is 1.60 bits per heavy atom. The molecule has 6 bridgehead atoms. The molecule has 3 amide bonds. The molecule has 5 aliphatic heterocycles. The van der Waals surface area contributed by atoms with Crippen molar-refractivity contribution in [2.45, 2.75) is 132 Å². The minimum Gasteiger partial charge on any atom is -0.464 e. The second kappa shape index (κ2) is 13.3. The van der Waals surface area contributed by atoms with Crippen molar-refractivity contribution in [1.29, 1.82) is 0 Å². The maximum absolute atomic E-state index is 13.4. The molecule has 10 rings (SSSR count). The van der Waals surface area contributed by atoms with Gasteiger partial charge in [0.15, 0.2) is 0 Å². The molecule has 284 valence electrons. The van der Waals surface area contributed by atoms with Crippen LogP contribution in [0.15, 0.2) is 60.3 Å². The van der Waals surface area contributed by atoms with E-state index in [4.69, 9.17) is 18.5 Å². The Morgan fingerprint density at radius 1 is 0.981 bits per heavy atom. The summed E-state index contributed by atoms with van der Waals surface area (Å²) in [5.41, 5.74) is 0.931. The van der Waals surface area contributed by atoms with E-state index in [0.717, 1.165) is 80.7 Å². The van der Waals surface area contributed by atoms with Crippen molar-refractivity contribution in [3.05, 3.63) is 61.4 Å². The van der Waals surface area contributed by atoms with Crippen LogP contribution in [0.5, 0.6) is 0 Å². The fourth-order valence-electron chi connectivity index (χ4n) is 11.6. The summed E-state index contributed by atoms with van der Waals surface area (Å²) in [4.78, 5) is 41.2. The average molecular weight is 728 g/mol. The molecule has 8 aliphatic rings. The van der Waals surface area contributed by atoms with E-state index < -0.39 is 30.3 Å². The first-order valence-corrected chi connectivity index (χ1v) is 19.6. The van der Waals surface area contributed by atoms with Crippen LogP contribution in [0.25, 0.3) is 11.0 Å². The Hall–Kier alpha value is -3.61. The number of hydrogen-bond donors (Lipinski definition) is 2. The van der Waals surface area contributed by atoms with E-state index in [1.54, 1.807) is 6.26 Å². The molecule has 5 saturated heterocycles. The van der Waals surface area contributed by atoms with Gasteiger partial charge in [0.05, 0.1) is 41.6 Å². The summed E-state index contributed by atoms with van der Waals surface area (Å²) in [6.07, 6.45) is 14.1. The zero-order valence-corrected chi connectivity index (χ0v) is 31.4. The zero-order chi connectivity index (χ0) is 37.3. The minimum absolute atomic E-state index is 0.00182. The number of nitrogens with one attached hydrogen (secondary N) is 1. The Balaban J connectivity index is 0.000000259. The number of ether oxygens (including phenoxy) is 1. The number of rotatable bonds is 9. The summed E-state index contributed by atoms with van der Waals surface area (Å²) in [6, 6.07) is 8.46. The van der Waals surface area contributed by atoms with Crippen LogP contribution in [0.3, 0.4) is 0 Å². The molecule has 6 heterocycles. The van der Waals surface area contributed by atoms with Gasteiger partial charge in [-0.3, -0.25) is 9.59 Å². The highest BCUT2D eigenvalue weighted by atomic mass is 16.7. The highest BCUT2D eigenvalue weighted by molar-refractivity contribution is 6.48. The fraction of sp³-hybridized carbons (Fsp3) is 0.634. The number of hydrogen-bond acceptors (Lipinski definition) is 8. The van der Waals surface area contributed by atoms with Crippen molar-refractivity contribution >= 4 is 36.0 Å². The molecule has 3 aliphatic carbocycles. The number of furan rings is 1. The molecular weight excluding hydrogens is 673 g/mol. The summed E-state index contributed by atoms with van der Waals surface area (Å²) < 4.78 is 25.0. The second-order valence-corrected chi connectivity index (χ2v) is 17.5. The predicted octanol–water partition coefficient (Wildman–Crippen LogP) is 5.74. The molecule has 1 aromatic carbocycles. The van der Waals surface area contributed by atoms with E-state index in [-0.39, 0.29) is 48.1 Å². The van der Waals surface area contributed by atoms with Crippen LogP contribution < -0.4 is 5.32 Å². The predicted molar refractivity (Wildman–Crippen MR) is 199 cm³/mol. The summed E-state index contributed by atoms with van der Waals surface area (Å²) in [5.74, 6) is 0.475. The first-order valence-electron chi connectivity index (χ1n) is 19.6. The molecule has 53 heavy (non-hydrogen) atoms. The van der Waals surface area contributed by atoms with Gasteiger partial charge < -0.3 is 38.7 Å². The van der Waals surface area contributed by atoms with Gasteiger partial charge >= 0.3 is 13.2 Å². The molecule has 2 N–H and O–H groups in total. The van der Waals surface area contributed by atoms with Crippen LogP contribution >= 0.6 is 0 Å². The van der Waals surface area contributed by atoms with Gasteiger partial charge in [0.25, 0.3) is 0 Å². The van der Waals surface area contributed by atoms with Gasteiger partial charge in [-0.05, 0) is 119 Å². The minimum atomic E-state index is -0.606. The number of carbonyl (C=O) groups excluding carboxylic acids is 3. The van der Waals surface area contributed by atoms with Crippen molar-refractivity contribution < 1.29 is 38.0 Å². The Kier molecular flexibility index (Phi) is 9.13. The van der Waals surface area contributed by atoms with Crippen molar-refractivity contribution in [3.63, 3.8) is 0 Å². The number of aliphatic hydroxyl groups is 1. The highest BCUT2D eigenvalue weighted by Crippen LogP contribution is 2.65. The Morgan fingerprint density at radius 3 is 2.23 bits per heavy atom. The SMILES string of the molecule is C=CC(=O)N1C2CCC1(CO)CC2.C=CC(=O)N1C2CCC1(COC(=O)N[C@@H](Cc1coc3ccccc13)B1O[C@@H]3C[C@@H]4C[C@@H](C4(C)C)[C@]3(C)O1)CC2. The van der Waals surface area contributed by atoms with Crippen LogP contribution in [-0.2, 0) is 30.1 Å². The molecular formula is C41H54BN3O8. The van der Waals surface area contributed by atoms with Crippen LogP contribution in [0, 0.1) is 17.3 Å². The molecule has 3 saturated carbocycles.